The van der Waals surface area contributed by atoms with Crippen molar-refractivity contribution >= 4 is 5.97 Å². The summed E-state index contributed by atoms with van der Waals surface area (Å²) in [6.07, 6.45) is 4.77. The molecule has 1 aliphatic carbocycles. The molecule has 0 aliphatic heterocycles. The van der Waals surface area contributed by atoms with Crippen LogP contribution < -0.4 is 5.32 Å². The topological polar surface area (TPSA) is 49.3 Å². The van der Waals surface area contributed by atoms with Crippen LogP contribution in [0.15, 0.2) is 0 Å². The molecule has 0 radical (unpaired) electrons. The van der Waals surface area contributed by atoms with Crippen molar-refractivity contribution in [3.8, 4) is 0 Å². The van der Waals surface area contributed by atoms with Crippen LogP contribution in [0.3, 0.4) is 0 Å². The number of aliphatic carboxylic acids is 1. The third-order valence-electron chi connectivity index (χ3n) is 3.91. The number of nitrogens with one attached hydrogen (secondary N) is 1. The summed E-state index contributed by atoms with van der Waals surface area (Å²) in [7, 11) is 0. The average Bonchev–Trinajstić information content (AvgIpc) is 2.21. The molecule has 0 aromatic rings. The number of carboxylic acid groups (broad SMARTS) is 1. The third-order valence-corrected chi connectivity index (χ3v) is 3.91. The first kappa shape index (κ1) is 13.5. The number of rotatable bonds is 5. The van der Waals surface area contributed by atoms with E-state index in [-0.39, 0.29) is 6.42 Å². The fraction of sp³-hybridized carbons (Fsp3) is 0.923. The van der Waals surface area contributed by atoms with Gasteiger partial charge in [-0.25, -0.2) is 0 Å². The van der Waals surface area contributed by atoms with Gasteiger partial charge in [-0.1, -0.05) is 13.8 Å². The van der Waals surface area contributed by atoms with Gasteiger partial charge in [-0.05, 0) is 44.4 Å². The molecule has 0 heterocycles. The Kier molecular flexibility index (Phi) is 5.26. The van der Waals surface area contributed by atoms with Crippen molar-refractivity contribution in [2.45, 2.75) is 65.0 Å². The predicted molar refractivity (Wildman–Crippen MR) is 65.4 cm³/mol. The molecule has 0 aromatic heterocycles. The molecule has 2 N–H and O–H groups in total. The van der Waals surface area contributed by atoms with E-state index in [2.05, 4.69) is 26.1 Å². The van der Waals surface area contributed by atoms with Crippen molar-refractivity contribution < 1.29 is 9.90 Å². The first-order valence-electron chi connectivity index (χ1n) is 6.47. The highest BCUT2D eigenvalue weighted by Gasteiger charge is 2.25. The normalized spacial score (nSPS) is 32.3. The van der Waals surface area contributed by atoms with Gasteiger partial charge in [0.1, 0.15) is 0 Å². The van der Waals surface area contributed by atoms with Crippen molar-refractivity contribution in [2.75, 3.05) is 0 Å². The molecule has 0 spiro atoms. The maximum absolute atomic E-state index is 10.5. The Labute approximate surface area is 98.6 Å². The van der Waals surface area contributed by atoms with Gasteiger partial charge in [0.25, 0.3) is 0 Å². The second-order valence-electron chi connectivity index (χ2n) is 5.46. The summed E-state index contributed by atoms with van der Waals surface area (Å²) in [6, 6.07) is 0.914. The van der Waals surface area contributed by atoms with Crippen molar-refractivity contribution in [1.82, 2.24) is 5.32 Å². The molecule has 1 rings (SSSR count). The van der Waals surface area contributed by atoms with Gasteiger partial charge in [-0.3, -0.25) is 4.79 Å². The molecule has 1 saturated carbocycles. The summed E-state index contributed by atoms with van der Waals surface area (Å²) in [6.45, 7) is 6.74. The highest BCUT2D eigenvalue weighted by Crippen LogP contribution is 2.29. The molecule has 0 bridgehead atoms. The summed E-state index contributed by atoms with van der Waals surface area (Å²) in [5.74, 6) is 0.935. The zero-order valence-electron chi connectivity index (χ0n) is 10.7. The Morgan fingerprint density at radius 2 is 2.06 bits per heavy atom. The van der Waals surface area contributed by atoms with Gasteiger partial charge >= 0.3 is 5.97 Å². The molecule has 4 unspecified atom stereocenters. The Balaban J connectivity index is 2.23. The van der Waals surface area contributed by atoms with Crippen molar-refractivity contribution in [2.24, 2.45) is 11.8 Å². The summed E-state index contributed by atoms with van der Waals surface area (Å²) in [4.78, 5) is 10.5. The van der Waals surface area contributed by atoms with E-state index in [1.54, 1.807) is 0 Å². The lowest BCUT2D eigenvalue weighted by Crippen LogP contribution is -2.41. The monoisotopic (exact) mass is 227 g/mol. The van der Waals surface area contributed by atoms with Crippen LogP contribution in [-0.4, -0.2) is 23.2 Å². The molecule has 3 nitrogen and oxygen atoms in total. The molecule has 0 amide bonds. The van der Waals surface area contributed by atoms with Crippen LogP contribution in [0.2, 0.25) is 0 Å². The fourth-order valence-electron chi connectivity index (χ4n) is 2.52. The van der Waals surface area contributed by atoms with Crippen LogP contribution >= 0.6 is 0 Å². The third kappa shape index (κ3) is 4.52. The van der Waals surface area contributed by atoms with Gasteiger partial charge in [-0.2, -0.15) is 0 Å². The Morgan fingerprint density at radius 1 is 1.38 bits per heavy atom. The van der Waals surface area contributed by atoms with E-state index < -0.39 is 5.97 Å². The van der Waals surface area contributed by atoms with E-state index in [0.717, 1.165) is 18.3 Å². The van der Waals surface area contributed by atoms with E-state index in [0.29, 0.717) is 12.1 Å². The molecule has 94 valence electrons. The maximum Gasteiger partial charge on any atom is 0.303 e. The first-order valence-corrected chi connectivity index (χ1v) is 6.47. The van der Waals surface area contributed by atoms with E-state index in [4.69, 9.17) is 5.11 Å². The summed E-state index contributed by atoms with van der Waals surface area (Å²) >= 11 is 0. The molecule has 16 heavy (non-hydrogen) atoms. The zero-order chi connectivity index (χ0) is 12.1. The molecule has 1 aliphatic rings. The molecule has 1 fully saturated rings. The molecule has 0 aromatic carbocycles. The zero-order valence-corrected chi connectivity index (χ0v) is 10.7. The minimum absolute atomic E-state index is 0.271. The highest BCUT2D eigenvalue weighted by molar-refractivity contribution is 5.66. The molecule has 3 heteroatoms. The van der Waals surface area contributed by atoms with Crippen LogP contribution in [0.1, 0.15) is 52.9 Å². The smallest absolute Gasteiger partial charge is 0.303 e. The predicted octanol–water partition coefficient (Wildman–Crippen LogP) is 2.65. The van der Waals surface area contributed by atoms with Crippen LogP contribution in [0, 0.1) is 11.8 Å². The number of carbonyl (C=O) groups is 1. The van der Waals surface area contributed by atoms with E-state index >= 15 is 0 Å². The quantitative estimate of drug-likeness (QED) is 0.759. The van der Waals surface area contributed by atoms with Gasteiger partial charge in [0.15, 0.2) is 0 Å². The summed E-state index contributed by atoms with van der Waals surface area (Å²) in [5, 5.41) is 12.2. The number of carboxylic acids is 1. The lowest BCUT2D eigenvalue weighted by atomic mass is 9.79. The Morgan fingerprint density at radius 3 is 2.62 bits per heavy atom. The molecule has 4 atom stereocenters. The summed E-state index contributed by atoms with van der Waals surface area (Å²) in [5.41, 5.74) is 0. The van der Waals surface area contributed by atoms with E-state index in [1.165, 1.54) is 19.3 Å². The van der Waals surface area contributed by atoms with Crippen molar-refractivity contribution in [3.05, 3.63) is 0 Å². The fourth-order valence-corrected chi connectivity index (χ4v) is 2.52. The Bertz CT molecular complexity index is 230. The highest BCUT2D eigenvalue weighted by atomic mass is 16.4. The van der Waals surface area contributed by atoms with Crippen LogP contribution in [0.5, 0.6) is 0 Å². The number of hydrogen-bond acceptors (Lipinski definition) is 2. The minimum atomic E-state index is -0.695. The second kappa shape index (κ2) is 6.24. The molecule has 0 saturated heterocycles. The average molecular weight is 227 g/mol. The molecular formula is C13H25NO2. The van der Waals surface area contributed by atoms with E-state index in [1.807, 2.05) is 0 Å². The van der Waals surface area contributed by atoms with Gasteiger partial charge in [0.2, 0.25) is 0 Å². The van der Waals surface area contributed by atoms with E-state index in [9.17, 15) is 4.79 Å². The second-order valence-corrected chi connectivity index (χ2v) is 5.46. The van der Waals surface area contributed by atoms with Crippen molar-refractivity contribution in [1.29, 1.82) is 0 Å². The minimum Gasteiger partial charge on any atom is -0.481 e. The van der Waals surface area contributed by atoms with Crippen LogP contribution in [-0.2, 0) is 4.79 Å². The van der Waals surface area contributed by atoms with Gasteiger partial charge in [0.05, 0.1) is 0 Å². The Hall–Kier alpha value is -0.570. The number of hydrogen-bond donors (Lipinski definition) is 2. The van der Waals surface area contributed by atoms with Gasteiger partial charge < -0.3 is 10.4 Å². The SMILES string of the molecule is CC(CCC(=O)O)NC1CCC(C)C(C)C1. The largest absolute Gasteiger partial charge is 0.481 e. The van der Waals surface area contributed by atoms with Crippen LogP contribution in [0.25, 0.3) is 0 Å². The van der Waals surface area contributed by atoms with Crippen LogP contribution in [0.4, 0.5) is 0 Å². The van der Waals surface area contributed by atoms with Gasteiger partial charge in [-0.15, -0.1) is 0 Å². The first-order chi connectivity index (χ1) is 7.49. The maximum atomic E-state index is 10.5. The van der Waals surface area contributed by atoms with Crippen molar-refractivity contribution in [3.63, 3.8) is 0 Å². The summed E-state index contributed by atoms with van der Waals surface area (Å²) < 4.78 is 0. The standard InChI is InChI=1S/C13H25NO2/c1-9-4-6-12(8-10(9)2)14-11(3)5-7-13(15)16/h9-12,14H,4-8H2,1-3H3,(H,15,16). The lowest BCUT2D eigenvalue weighted by Gasteiger charge is -2.34. The lowest BCUT2D eigenvalue weighted by molar-refractivity contribution is -0.137. The molecular weight excluding hydrogens is 202 g/mol. The van der Waals surface area contributed by atoms with Gasteiger partial charge in [0, 0.05) is 18.5 Å².